The van der Waals surface area contributed by atoms with Gasteiger partial charge in [-0.2, -0.15) is 0 Å². The molecule has 3 N–H and O–H groups in total. The summed E-state index contributed by atoms with van der Waals surface area (Å²) in [4.78, 5) is 14.5. The number of hydrogen-bond donors (Lipinski definition) is 2. The molecule has 0 radical (unpaired) electrons. The minimum atomic E-state index is 0.0378. The topological polar surface area (TPSA) is 58.4 Å². The van der Waals surface area contributed by atoms with E-state index in [0.717, 1.165) is 45.2 Å². The summed E-state index contributed by atoms with van der Waals surface area (Å²) < 4.78 is 0. The van der Waals surface area contributed by atoms with Crippen molar-refractivity contribution in [2.75, 3.05) is 20.1 Å². The lowest BCUT2D eigenvalue weighted by molar-refractivity contribution is -0.125. The zero-order valence-corrected chi connectivity index (χ0v) is 13.5. The largest absolute Gasteiger partial charge is 0.356 e. The minimum absolute atomic E-state index is 0.0378. The van der Waals surface area contributed by atoms with Crippen molar-refractivity contribution in [1.29, 1.82) is 0 Å². The maximum absolute atomic E-state index is 12.2. The van der Waals surface area contributed by atoms with Crippen LogP contribution in [0.1, 0.15) is 58.8 Å². The minimum Gasteiger partial charge on any atom is -0.356 e. The Balaban J connectivity index is 2.16. The summed E-state index contributed by atoms with van der Waals surface area (Å²) in [6, 6.07) is 0.651. The standard InChI is InChI=1S/C16H33N3O/c1-13(2)19(3)12-8-7-11-18-16(20)14-9-5-4-6-10-15(14)17/h13-15H,4-12,17H2,1-3H3,(H,18,20). The first kappa shape index (κ1) is 17.4. The molecule has 2 unspecified atom stereocenters. The number of carbonyl (C=O) groups is 1. The van der Waals surface area contributed by atoms with Crippen molar-refractivity contribution in [1.82, 2.24) is 10.2 Å². The average Bonchev–Trinajstić information content (AvgIpc) is 2.62. The number of nitrogens with one attached hydrogen (secondary N) is 1. The summed E-state index contributed by atoms with van der Waals surface area (Å²) in [5.41, 5.74) is 6.12. The van der Waals surface area contributed by atoms with Crippen LogP contribution in [0.3, 0.4) is 0 Å². The fraction of sp³-hybridized carbons (Fsp3) is 0.938. The summed E-state index contributed by atoms with van der Waals surface area (Å²) in [7, 11) is 2.15. The van der Waals surface area contributed by atoms with Gasteiger partial charge in [0.15, 0.2) is 0 Å². The highest BCUT2D eigenvalue weighted by Gasteiger charge is 2.26. The van der Waals surface area contributed by atoms with Crippen LogP contribution in [0.25, 0.3) is 0 Å². The lowest BCUT2D eigenvalue weighted by atomic mass is 9.94. The van der Waals surface area contributed by atoms with Gasteiger partial charge in [-0.25, -0.2) is 0 Å². The number of hydrogen-bond acceptors (Lipinski definition) is 3. The molecule has 0 spiro atoms. The maximum Gasteiger partial charge on any atom is 0.224 e. The second-order valence-corrected chi connectivity index (χ2v) is 6.48. The average molecular weight is 283 g/mol. The number of nitrogens with two attached hydrogens (primary N) is 1. The van der Waals surface area contributed by atoms with Crippen LogP contribution in [0, 0.1) is 5.92 Å². The van der Waals surface area contributed by atoms with Crippen LogP contribution < -0.4 is 11.1 Å². The molecule has 0 aromatic carbocycles. The third-order valence-electron chi connectivity index (χ3n) is 4.52. The van der Waals surface area contributed by atoms with Crippen molar-refractivity contribution in [3.05, 3.63) is 0 Å². The quantitative estimate of drug-likeness (QED) is 0.556. The summed E-state index contributed by atoms with van der Waals surface area (Å²) in [5, 5.41) is 3.08. The number of carbonyl (C=O) groups excluding carboxylic acids is 1. The van der Waals surface area contributed by atoms with Gasteiger partial charge in [0.05, 0.1) is 5.92 Å². The molecule has 1 amide bonds. The van der Waals surface area contributed by atoms with Gasteiger partial charge in [-0.1, -0.05) is 19.3 Å². The molecule has 4 nitrogen and oxygen atoms in total. The fourth-order valence-corrected chi connectivity index (χ4v) is 2.75. The summed E-state index contributed by atoms with van der Waals surface area (Å²) in [6.07, 6.45) is 7.67. The smallest absolute Gasteiger partial charge is 0.224 e. The zero-order valence-electron chi connectivity index (χ0n) is 13.5. The Labute approximate surface area is 124 Å². The predicted molar refractivity (Wildman–Crippen MR) is 84.6 cm³/mol. The van der Waals surface area contributed by atoms with Crippen LogP contribution in [0.5, 0.6) is 0 Å². The Morgan fingerprint density at radius 1 is 1.25 bits per heavy atom. The van der Waals surface area contributed by atoms with Crippen molar-refractivity contribution in [2.24, 2.45) is 11.7 Å². The van der Waals surface area contributed by atoms with Crippen molar-refractivity contribution in [2.45, 2.75) is 70.9 Å². The molecule has 2 atom stereocenters. The number of nitrogens with zero attached hydrogens (tertiary/aromatic N) is 1. The molecule has 1 fully saturated rings. The predicted octanol–water partition coefficient (Wildman–Crippen LogP) is 2.13. The van der Waals surface area contributed by atoms with E-state index in [1.165, 1.54) is 12.8 Å². The molecular formula is C16H33N3O. The third kappa shape index (κ3) is 6.23. The molecular weight excluding hydrogens is 250 g/mol. The van der Waals surface area contributed by atoms with Gasteiger partial charge >= 0.3 is 0 Å². The SMILES string of the molecule is CC(C)N(C)CCCCNC(=O)C1CCCCCC1N. The fourth-order valence-electron chi connectivity index (χ4n) is 2.75. The Hall–Kier alpha value is -0.610. The van der Waals surface area contributed by atoms with Crippen molar-refractivity contribution in [3.8, 4) is 0 Å². The number of amides is 1. The van der Waals surface area contributed by atoms with Gasteiger partial charge in [-0.15, -0.1) is 0 Å². The Bertz CT molecular complexity index is 281. The molecule has 1 saturated carbocycles. The molecule has 118 valence electrons. The van der Waals surface area contributed by atoms with Crippen LogP contribution >= 0.6 is 0 Å². The Kier molecular flexibility index (Phi) is 8.15. The van der Waals surface area contributed by atoms with E-state index in [0.29, 0.717) is 6.04 Å². The molecule has 0 aliphatic heterocycles. The second-order valence-electron chi connectivity index (χ2n) is 6.48. The van der Waals surface area contributed by atoms with E-state index in [1.54, 1.807) is 0 Å². The first-order valence-electron chi connectivity index (χ1n) is 8.26. The Morgan fingerprint density at radius 2 is 1.95 bits per heavy atom. The van der Waals surface area contributed by atoms with Crippen LogP contribution in [-0.4, -0.2) is 43.0 Å². The van der Waals surface area contributed by atoms with E-state index >= 15 is 0 Å². The van der Waals surface area contributed by atoms with E-state index in [2.05, 4.69) is 31.1 Å². The second kappa shape index (κ2) is 9.35. The van der Waals surface area contributed by atoms with Gasteiger partial charge in [-0.3, -0.25) is 4.79 Å². The lowest BCUT2D eigenvalue weighted by Crippen LogP contribution is -2.41. The van der Waals surface area contributed by atoms with Gasteiger partial charge in [-0.05, 0) is 53.1 Å². The molecule has 0 bridgehead atoms. The van der Waals surface area contributed by atoms with E-state index in [-0.39, 0.29) is 17.9 Å². The first-order valence-corrected chi connectivity index (χ1v) is 8.26. The van der Waals surface area contributed by atoms with Crippen LogP contribution in [0.15, 0.2) is 0 Å². The third-order valence-corrected chi connectivity index (χ3v) is 4.52. The molecule has 0 aromatic heterocycles. The molecule has 4 heteroatoms. The molecule has 0 saturated heterocycles. The highest BCUT2D eigenvalue weighted by atomic mass is 16.1. The van der Waals surface area contributed by atoms with Crippen molar-refractivity contribution >= 4 is 5.91 Å². The maximum atomic E-state index is 12.2. The summed E-state index contributed by atoms with van der Waals surface area (Å²) in [6.45, 7) is 6.29. The van der Waals surface area contributed by atoms with Crippen LogP contribution in [-0.2, 0) is 4.79 Å². The number of unbranched alkanes of at least 4 members (excludes halogenated alkanes) is 1. The van der Waals surface area contributed by atoms with Crippen molar-refractivity contribution < 1.29 is 4.79 Å². The van der Waals surface area contributed by atoms with Gasteiger partial charge in [0, 0.05) is 18.6 Å². The molecule has 0 aromatic rings. The molecule has 1 aliphatic rings. The van der Waals surface area contributed by atoms with Crippen molar-refractivity contribution in [3.63, 3.8) is 0 Å². The van der Waals surface area contributed by atoms with E-state index < -0.39 is 0 Å². The van der Waals surface area contributed by atoms with Crippen LogP contribution in [0.2, 0.25) is 0 Å². The van der Waals surface area contributed by atoms with E-state index in [9.17, 15) is 4.79 Å². The van der Waals surface area contributed by atoms with E-state index in [1.807, 2.05) is 0 Å². The van der Waals surface area contributed by atoms with Gasteiger partial charge in [0.1, 0.15) is 0 Å². The lowest BCUT2D eigenvalue weighted by Gasteiger charge is -2.22. The van der Waals surface area contributed by atoms with Gasteiger partial charge in [0.2, 0.25) is 5.91 Å². The molecule has 20 heavy (non-hydrogen) atoms. The van der Waals surface area contributed by atoms with Gasteiger partial charge in [0.25, 0.3) is 0 Å². The summed E-state index contributed by atoms with van der Waals surface area (Å²) in [5.74, 6) is 0.215. The van der Waals surface area contributed by atoms with Crippen LogP contribution in [0.4, 0.5) is 0 Å². The molecule has 0 heterocycles. The number of rotatable bonds is 7. The highest BCUT2D eigenvalue weighted by molar-refractivity contribution is 5.79. The Morgan fingerprint density at radius 3 is 2.65 bits per heavy atom. The molecule has 1 rings (SSSR count). The molecule has 1 aliphatic carbocycles. The normalized spacial score (nSPS) is 23.9. The van der Waals surface area contributed by atoms with E-state index in [4.69, 9.17) is 5.73 Å². The summed E-state index contributed by atoms with van der Waals surface area (Å²) >= 11 is 0. The first-order chi connectivity index (χ1) is 9.52. The van der Waals surface area contributed by atoms with Gasteiger partial charge < -0.3 is 16.0 Å². The monoisotopic (exact) mass is 283 g/mol. The zero-order chi connectivity index (χ0) is 15.0. The highest BCUT2D eigenvalue weighted by Crippen LogP contribution is 2.22.